The third kappa shape index (κ3) is 1.60. The summed E-state index contributed by atoms with van der Waals surface area (Å²) in [6, 6.07) is 6.79. The zero-order valence-corrected chi connectivity index (χ0v) is 9.40. The smallest absolute Gasteiger partial charge is 0.339 e. The number of carboxylic acids is 1. The van der Waals surface area contributed by atoms with Crippen molar-refractivity contribution in [3.8, 4) is 11.5 Å². The van der Waals surface area contributed by atoms with E-state index in [2.05, 4.69) is 4.98 Å². The highest BCUT2D eigenvalue weighted by Gasteiger charge is 2.15. The van der Waals surface area contributed by atoms with Gasteiger partial charge in [-0.05, 0) is 23.6 Å². The van der Waals surface area contributed by atoms with E-state index in [9.17, 15) is 4.79 Å². The van der Waals surface area contributed by atoms with Crippen molar-refractivity contribution in [2.24, 2.45) is 0 Å². The van der Waals surface area contributed by atoms with Crippen molar-refractivity contribution in [2.75, 3.05) is 0 Å². The Morgan fingerprint density at radius 1 is 1.35 bits per heavy atom. The Balaban J connectivity index is 2.26. The van der Waals surface area contributed by atoms with Crippen molar-refractivity contribution in [3.63, 3.8) is 0 Å². The van der Waals surface area contributed by atoms with E-state index in [1.54, 1.807) is 12.1 Å². The molecule has 0 fully saturated rings. The minimum absolute atomic E-state index is 0.136. The topological polar surface area (TPSA) is 63.3 Å². The van der Waals surface area contributed by atoms with Gasteiger partial charge in [0.05, 0.1) is 0 Å². The lowest BCUT2D eigenvalue weighted by Crippen LogP contribution is -1.95. The molecule has 3 rings (SSSR count). The first kappa shape index (κ1) is 10.0. The van der Waals surface area contributed by atoms with Crippen LogP contribution >= 0.6 is 11.3 Å². The van der Waals surface area contributed by atoms with Crippen LogP contribution in [0.3, 0.4) is 0 Å². The normalized spacial score (nSPS) is 10.8. The van der Waals surface area contributed by atoms with Crippen LogP contribution in [0.15, 0.2) is 39.4 Å². The summed E-state index contributed by atoms with van der Waals surface area (Å²) in [6.07, 6.45) is 0. The molecule has 0 aliphatic rings. The summed E-state index contributed by atoms with van der Waals surface area (Å²) in [5.41, 5.74) is 1.88. The van der Waals surface area contributed by atoms with E-state index in [4.69, 9.17) is 9.52 Å². The third-order valence-electron chi connectivity index (χ3n) is 2.41. The molecule has 0 bridgehead atoms. The highest BCUT2D eigenvalue weighted by Crippen LogP contribution is 2.27. The molecule has 3 aromatic rings. The fraction of sp³-hybridized carbons (Fsp3) is 0. The van der Waals surface area contributed by atoms with Gasteiger partial charge >= 0.3 is 5.97 Å². The molecule has 0 spiro atoms. The highest BCUT2D eigenvalue weighted by atomic mass is 32.1. The Morgan fingerprint density at radius 3 is 2.94 bits per heavy atom. The van der Waals surface area contributed by atoms with E-state index < -0.39 is 5.97 Å². The Labute approximate surface area is 100 Å². The lowest BCUT2D eigenvalue weighted by molar-refractivity contribution is 0.0698. The van der Waals surface area contributed by atoms with Gasteiger partial charge in [0.25, 0.3) is 0 Å². The molecule has 4 nitrogen and oxygen atoms in total. The first-order chi connectivity index (χ1) is 8.25. The largest absolute Gasteiger partial charge is 0.478 e. The second-order valence-corrected chi connectivity index (χ2v) is 4.27. The number of hydrogen-bond donors (Lipinski definition) is 1. The zero-order chi connectivity index (χ0) is 11.8. The third-order valence-corrected chi connectivity index (χ3v) is 3.10. The summed E-state index contributed by atoms with van der Waals surface area (Å²) in [5, 5.41) is 12.9. The maximum atomic E-state index is 11.0. The molecule has 0 saturated heterocycles. The number of para-hydroxylation sites is 1. The summed E-state index contributed by atoms with van der Waals surface area (Å²) in [5.74, 6) is -0.557. The molecule has 0 aliphatic heterocycles. The summed E-state index contributed by atoms with van der Waals surface area (Å²) in [6.45, 7) is 0. The van der Waals surface area contributed by atoms with E-state index in [0.29, 0.717) is 17.0 Å². The van der Waals surface area contributed by atoms with Gasteiger partial charge < -0.3 is 9.52 Å². The maximum absolute atomic E-state index is 11.0. The Kier molecular flexibility index (Phi) is 2.19. The van der Waals surface area contributed by atoms with E-state index in [1.165, 1.54) is 17.4 Å². The van der Waals surface area contributed by atoms with Crippen LogP contribution in [0.5, 0.6) is 0 Å². The van der Waals surface area contributed by atoms with Crippen LogP contribution in [0.25, 0.3) is 22.6 Å². The summed E-state index contributed by atoms with van der Waals surface area (Å²) >= 11 is 1.54. The first-order valence-electron chi connectivity index (χ1n) is 4.91. The Hall–Kier alpha value is -2.14. The fourth-order valence-corrected chi connectivity index (χ4v) is 2.26. The van der Waals surface area contributed by atoms with Gasteiger partial charge in [-0.3, -0.25) is 0 Å². The van der Waals surface area contributed by atoms with Crippen LogP contribution in [-0.4, -0.2) is 16.1 Å². The van der Waals surface area contributed by atoms with Gasteiger partial charge in [-0.25, -0.2) is 9.78 Å². The molecule has 5 heteroatoms. The molecule has 0 saturated carbocycles. The van der Waals surface area contributed by atoms with Gasteiger partial charge in [0.15, 0.2) is 5.58 Å². The average molecular weight is 245 g/mol. The van der Waals surface area contributed by atoms with Crippen LogP contribution in [0.1, 0.15) is 10.4 Å². The van der Waals surface area contributed by atoms with Crippen LogP contribution in [0, 0.1) is 0 Å². The number of carbonyl (C=O) groups is 1. The van der Waals surface area contributed by atoms with E-state index in [1.807, 2.05) is 16.8 Å². The van der Waals surface area contributed by atoms with Crippen molar-refractivity contribution >= 4 is 28.4 Å². The fourth-order valence-electron chi connectivity index (χ4n) is 1.63. The van der Waals surface area contributed by atoms with Crippen molar-refractivity contribution in [1.82, 2.24) is 4.98 Å². The van der Waals surface area contributed by atoms with E-state index in [0.717, 1.165) is 5.56 Å². The minimum atomic E-state index is -1.01. The predicted octanol–water partition coefficient (Wildman–Crippen LogP) is 3.25. The van der Waals surface area contributed by atoms with Crippen LogP contribution in [0.2, 0.25) is 0 Å². The molecule has 0 aliphatic carbocycles. The van der Waals surface area contributed by atoms with Gasteiger partial charge in [-0.1, -0.05) is 6.07 Å². The number of carboxylic acid groups (broad SMARTS) is 1. The molecule has 0 amide bonds. The predicted molar refractivity (Wildman–Crippen MR) is 64.3 cm³/mol. The number of hydrogen-bond acceptors (Lipinski definition) is 4. The summed E-state index contributed by atoms with van der Waals surface area (Å²) < 4.78 is 5.52. The second-order valence-electron chi connectivity index (χ2n) is 3.49. The molecule has 1 N–H and O–H groups in total. The van der Waals surface area contributed by atoms with Crippen LogP contribution < -0.4 is 0 Å². The quantitative estimate of drug-likeness (QED) is 0.752. The molecule has 0 atom stereocenters. The highest BCUT2D eigenvalue weighted by molar-refractivity contribution is 7.08. The molecule has 0 radical (unpaired) electrons. The Morgan fingerprint density at radius 2 is 2.24 bits per heavy atom. The standard InChI is InChI=1S/C12H7NO3S/c14-12(15)8-2-1-3-9-10(8)16-11(13-9)7-4-5-17-6-7/h1-6H,(H,14,15). The summed E-state index contributed by atoms with van der Waals surface area (Å²) in [4.78, 5) is 15.3. The number of nitrogens with zero attached hydrogens (tertiary/aromatic N) is 1. The maximum Gasteiger partial charge on any atom is 0.339 e. The van der Waals surface area contributed by atoms with Crippen LogP contribution in [-0.2, 0) is 0 Å². The molecule has 17 heavy (non-hydrogen) atoms. The number of benzene rings is 1. The molecule has 0 unspecified atom stereocenters. The number of aromatic carboxylic acids is 1. The van der Waals surface area contributed by atoms with E-state index in [-0.39, 0.29) is 5.56 Å². The number of oxazole rings is 1. The minimum Gasteiger partial charge on any atom is -0.478 e. The van der Waals surface area contributed by atoms with Crippen molar-refractivity contribution < 1.29 is 14.3 Å². The number of aromatic nitrogens is 1. The van der Waals surface area contributed by atoms with E-state index >= 15 is 0 Å². The van der Waals surface area contributed by atoms with Gasteiger partial charge in [0.2, 0.25) is 5.89 Å². The molecule has 1 aromatic carbocycles. The van der Waals surface area contributed by atoms with Gasteiger partial charge in [-0.15, -0.1) is 0 Å². The first-order valence-corrected chi connectivity index (χ1v) is 5.85. The molecule has 2 aromatic heterocycles. The lowest BCUT2D eigenvalue weighted by atomic mass is 10.2. The van der Waals surface area contributed by atoms with Crippen molar-refractivity contribution in [2.45, 2.75) is 0 Å². The number of fused-ring (bicyclic) bond motifs is 1. The number of thiophene rings is 1. The molecular weight excluding hydrogens is 238 g/mol. The molecule has 2 heterocycles. The van der Waals surface area contributed by atoms with Crippen LogP contribution in [0.4, 0.5) is 0 Å². The van der Waals surface area contributed by atoms with Crippen molar-refractivity contribution in [3.05, 3.63) is 40.6 Å². The van der Waals surface area contributed by atoms with Gasteiger partial charge in [0.1, 0.15) is 11.1 Å². The van der Waals surface area contributed by atoms with Gasteiger partial charge in [0, 0.05) is 10.9 Å². The SMILES string of the molecule is O=C(O)c1cccc2nc(-c3ccsc3)oc12. The number of rotatable bonds is 2. The molecule has 84 valence electrons. The average Bonchev–Trinajstić information content (AvgIpc) is 2.96. The van der Waals surface area contributed by atoms with Gasteiger partial charge in [-0.2, -0.15) is 11.3 Å². The van der Waals surface area contributed by atoms with Crippen molar-refractivity contribution in [1.29, 1.82) is 0 Å². The monoisotopic (exact) mass is 245 g/mol. The lowest BCUT2D eigenvalue weighted by Gasteiger charge is -1.92. The molecular formula is C12H7NO3S. The summed E-state index contributed by atoms with van der Waals surface area (Å²) in [7, 11) is 0. The second kappa shape index (κ2) is 3.71. The zero-order valence-electron chi connectivity index (χ0n) is 8.58. The Bertz CT molecular complexity index is 685.